The summed E-state index contributed by atoms with van der Waals surface area (Å²) < 4.78 is 1.97. The molecule has 1 saturated carbocycles. The van der Waals surface area contributed by atoms with Crippen LogP contribution < -0.4 is 5.32 Å². The number of benzene rings is 2. The standard InChI is InChI=1S/C25H24N4O/c1-2-19-15-21(25(30)27-20-11-7-4-8-12-20)22-23(18-13-14-18)28-29(24(22)26-19)16-17-9-5-3-6-10-17/h3-12,15,18H,2,13-14,16H2,1H3,(H,27,30). The van der Waals surface area contributed by atoms with Crippen molar-refractivity contribution >= 4 is 22.6 Å². The van der Waals surface area contributed by atoms with E-state index in [0.29, 0.717) is 18.0 Å². The summed E-state index contributed by atoms with van der Waals surface area (Å²) in [5, 5.41) is 8.89. The Morgan fingerprint density at radius 1 is 1.07 bits per heavy atom. The quantitative estimate of drug-likeness (QED) is 0.489. The lowest BCUT2D eigenvalue weighted by molar-refractivity contribution is 0.102. The second-order valence-corrected chi connectivity index (χ2v) is 7.84. The van der Waals surface area contributed by atoms with Crippen molar-refractivity contribution in [2.24, 2.45) is 0 Å². The number of pyridine rings is 1. The number of aryl methyl sites for hydroxylation is 1. The molecule has 5 nitrogen and oxygen atoms in total. The minimum absolute atomic E-state index is 0.107. The highest BCUT2D eigenvalue weighted by molar-refractivity contribution is 6.12. The van der Waals surface area contributed by atoms with E-state index in [1.807, 2.05) is 59.3 Å². The van der Waals surface area contributed by atoms with E-state index in [-0.39, 0.29) is 5.91 Å². The molecule has 0 saturated heterocycles. The van der Waals surface area contributed by atoms with Crippen molar-refractivity contribution in [1.29, 1.82) is 0 Å². The first-order chi connectivity index (χ1) is 14.7. The van der Waals surface area contributed by atoms with Gasteiger partial charge in [-0.3, -0.25) is 4.79 Å². The van der Waals surface area contributed by atoms with Crippen molar-refractivity contribution in [3.05, 3.63) is 89.2 Å². The van der Waals surface area contributed by atoms with Crippen LogP contribution in [0, 0.1) is 0 Å². The van der Waals surface area contributed by atoms with Crippen molar-refractivity contribution in [2.45, 2.75) is 38.6 Å². The summed E-state index contributed by atoms with van der Waals surface area (Å²) >= 11 is 0. The first-order valence-electron chi connectivity index (χ1n) is 10.5. The van der Waals surface area contributed by atoms with E-state index < -0.39 is 0 Å². The molecule has 150 valence electrons. The second kappa shape index (κ2) is 7.75. The van der Waals surface area contributed by atoms with Crippen molar-refractivity contribution in [3.63, 3.8) is 0 Å². The SMILES string of the molecule is CCc1cc(C(=O)Nc2ccccc2)c2c(C3CC3)nn(Cc3ccccc3)c2n1. The Morgan fingerprint density at radius 2 is 1.77 bits per heavy atom. The molecule has 5 heteroatoms. The van der Waals surface area contributed by atoms with Gasteiger partial charge in [0.25, 0.3) is 5.91 Å². The maximum Gasteiger partial charge on any atom is 0.256 e. The summed E-state index contributed by atoms with van der Waals surface area (Å²) in [7, 11) is 0. The monoisotopic (exact) mass is 396 g/mol. The van der Waals surface area contributed by atoms with Gasteiger partial charge in [0.05, 0.1) is 23.2 Å². The van der Waals surface area contributed by atoms with Gasteiger partial charge in [-0.05, 0) is 43.0 Å². The maximum absolute atomic E-state index is 13.3. The molecular formula is C25H24N4O. The van der Waals surface area contributed by atoms with Gasteiger partial charge in [-0.2, -0.15) is 5.10 Å². The zero-order chi connectivity index (χ0) is 20.5. The minimum Gasteiger partial charge on any atom is -0.322 e. The number of nitrogens with zero attached hydrogens (tertiary/aromatic N) is 3. The highest BCUT2D eigenvalue weighted by Gasteiger charge is 2.32. The third-order valence-electron chi connectivity index (χ3n) is 5.56. The van der Waals surface area contributed by atoms with E-state index in [2.05, 4.69) is 24.4 Å². The third-order valence-corrected chi connectivity index (χ3v) is 5.56. The average Bonchev–Trinajstić information content (AvgIpc) is 3.57. The average molecular weight is 396 g/mol. The van der Waals surface area contributed by atoms with E-state index in [1.54, 1.807) is 0 Å². The molecule has 4 aromatic rings. The topological polar surface area (TPSA) is 59.8 Å². The fraction of sp³-hybridized carbons (Fsp3) is 0.240. The van der Waals surface area contributed by atoms with E-state index in [9.17, 15) is 4.79 Å². The largest absolute Gasteiger partial charge is 0.322 e. The summed E-state index contributed by atoms with van der Waals surface area (Å²) in [4.78, 5) is 18.2. The lowest BCUT2D eigenvalue weighted by Crippen LogP contribution is -2.14. The molecule has 2 heterocycles. The number of hydrogen-bond acceptors (Lipinski definition) is 3. The van der Waals surface area contributed by atoms with Crippen molar-refractivity contribution in [2.75, 3.05) is 5.32 Å². The zero-order valence-electron chi connectivity index (χ0n) is 17.0. The van der Waals surface area contributed by atoms with Gasteiger partial charge in [-0.15, -0.1) is 0 Å². The maximum atomic E-state index is 13.3. The van der Waals surface area contributed by atoms with Crippen LogP contribution in [-0.2, 0) is 13.0 Å². The summed E-state index contributed by atoms with van der Waals surface area (Å²) in [6, 6.07) is 21.8. The molecule has 0 bridgehead atoms. The summed E-state index contributed by atoms with van der Waals surface area (Å²) in [6.07, 6.45) is 3.00. The van der Waals surface area contributed by atoms with Gasteiger partial charge >= 0.3 is 0 Å². The number of para-hydroxylation sites is 1. The third kappa shape index (κ3) is 3.59. The second-order valence-electron chi connectivity index (χ2n) is 7.84. The highest BCUT2D eigenvalue weighted by Crippen LogP contribution is 2.43. The van der Waals surface area contributed by atoms with Crippen LogP contribution >= 0.6 is 0 Å². The Hall–Kier alpha value is -3.47. The first-order valence-corrected chi connectivity index (χ1v) is 10.5. The van der Waals surface area contributed by atoms with Crippen LogP contribution in [0.2, 0.25) is 0 Å². The van der Waals surface area contributed by atoms with Crippen LogP contribution in [0.1, 0.15) is 53.0 Å². The number of rotatable bonds is 6. The normalized spacial score (nSPS) is 13.5. The molecule has 0 radical (unpaired) electrons. The predicted molar refractivity (Wildman–Crippen MR) is 119 cm³/mol. The molecule has 30 heavy (non-hydrogen) atoms. The number of fused-ring (bicyclic) bond motifs is 1. The van der Waals surface area contributed by atoms with E-state index in [1.165, 1.54) is 5.56 Å². The summed E-state index contributed by atoms with van der Waals surface area (Å²) in [6.45, 7) is 2.71. The van der Waals surface area contributed by atoms with Gasteiger partial charge in [-0.25, -0.2) is 9.67 Å². The smallest absolute Gasteiger partial charge is 0.256 e. The van der Waals surface area contributed by atoms with Crippen molar-refractivity contribution in [1.82, 2.24) is 14.8 Å². The predicted octanol–water partition coefficient (Wildman–Crippen LogP) is 5.17. The Kier molecular flexibility index (Phi) is 4.79. The minimum atomic E-state index is -0.107. The van der Waals surface area contributed by atoms with E-state index in [4.69, 9.17) is 10.1 Å². The molecule has 0 atom stereocenters. The van der Waals surface area contributed by atoms with Gasteiger partial charge in [0, 0.05) is 17.3 Å². The van der Waals surface area contributed by atoms with E-state index in [0.717, 1.165) is 47.4 Å². The van der Waals surface area contributed by atoms with Gasteiger partial charge in [0.15, 0.2) is 5.65 Å². The molecule has 5 rings (SSSR count). The molecule has 2 aromatic heterocycles. The van der Waals surface area contributed by atoms with Gasteiger partial charge < -0.3 is 5.32 Å². The number of nitrogens with one attached hydrogen (secondary N) is 1. The van der Waals surface area contributed by atoms with Crippen LogP contribution in [-0.4, -0.2) is 20.7 Å². The molecule has 1 amide bonds. The fourth-order valence-electron chi connectivity index (χ4n) is 3.84. The van der Waals surface area contributed by atoms with Crippen LogP contribution in [0.15, 0.2) is 66.7 Å². The highest BCUT2D eigenvalue weighted by atomic mass is 16.1. The molecule has 2 aromatic carbocycles. The number of anilines is 1. The van der Waals surface area contributed by atoms with Gasteiger partial charge in [0.1, 0.15) is 0 Å². The lowest BCUT2D eigenvalue weighted by atomic mass is 10.1. The molecule has 1 N–H and O–H groups in total. The van der Waals surface area contributed by atoms with Gasteiger partial charge in [0.2, 0.25) is 0 Å². The molecule has 0 aliphatic heterocycles. The Labute approximate surface area is 175 Å². The number of aromatic nitrogens is 3. The number of carbonyl (C=O) groups is 1. The van der Waals surface area contributed by atoms with Crippen molar-refractivity contribution in [3.8, 4) is 0 Å². The van der Waals surface area contributed by atoms with E-state index >= 15 is 0 Å². The molecule has 0 unspecified atom stereocenters. The summed E-state index contributed by atoms with van der Waals surface area (Å²) in [5.74, 6) is 0.312. The van der Waals surface area contributed by atoms with Crippen LogP contribution in [0.4, 0.5) is 5.69 Å². The Balaban J connectivity index is 1.63. The van der Waals surface area contributed by atoms with Crippen LogP contribution in [0.25, 0.3) is 11.0 Å². The van der Waals surface area contributed by atoms with Crippen LogP contribution in [0.5, 0.6) is 0 Å². The van der Waals surface area contributed by atoms with Crippen molar-refractivity contribution < 1.29 is 4.79 Å². The molecule has 1 aliphatic rings. The zero-order valence-corrected chi connectivity index (χ0v) is 17.0. The number of hydrogen-bond donors (Lipinski definition) is 1. The summed E-state index contributed by atoms with van der Waals surface area (Å²) in [5.41, 5.74) is 5.34. The Bertz CT molecular complexity index is 1190. The molecule has 1 fully saturated rings. The molecular weight excluding hydrogens is 372 g/mol. The fourth-order valence-corrected chi connectivity index (χ4v) is 3.84. The lowest BCUT2D eigenvalue weighted by Gasteiger charge is -2.09. The van der Waals surface area contributed by atoms with Gasteiger partial charge in [-0.1, -0.05) is 55.5 Å². The Morgan fingerprint density at radius 3 is 2.43 bits per heavy atom. The van der Waals surface area contributed by atoms with Crippen LogP contribution in [0.3, 0.4) is 0 Å². The number of amides is 1. The number of carbonyl (C=O) groups excluding carboxylic acids is 1. The first kappa shape index (κ1) is 18.6. The molecule has 0 spiro atoms. The molecule has 1 aliphatic carbocycles.